The largest absolute Gasteiger partial charge is 0.481 e. The first-order valence-electron chi connectivity index (χ1n) is 13.1. The van der Waals surface area contributed by atoms with Crippen LogP contribution in [0.2, 0.25) is 0 Å². The predicted molar refractivity (Wildman–Crippen MR) is 146 cm³/mol. The molecule has 198 valence electrons. The molecule has 38 heavy (non-hydrogen) atoms. The normalized spacial score (nSPS) is 13.6. The second-order valence-corrected chi connectivity index (χ2v) is 9.66. The van der Waals surface area contributed by atoms with Crippen molar-refractivity contribution < 1.29 is 24.2 Å². The van der Waals surface area contributed by atoms with Gasteiger partial charge in [-0.1, -0.05) is 85.8 Å². The van der Waals surface area contributed by atoms with Crippen molar-refractivity contribution in [3.05, 3.63) is 95.6 Å². The molecule has 0 spiro atoms. The summed E-state index contributed by atoms with van der Waals surface area (Å²) < 4.78 is 5.64. The molecule has 2 unspecified atom stereocenters. The van der Waals surface area contributed by atoms with Gasteiger partial charge in [0.25, 0.3) is 0 Å². The molecule has 0 bridgehead atoms. The van der Waals surface area contributed by atoms with Crippen LogP contribution in [0.1, 0.15) is 55.7 Å². The van der Waals surface area contributed by atoms with Crippen molar-refractivity contribution in [3.8, 4) is 11.1 Å². The Kier molecular flexibility index (Phi) is 8.79. The van der Waals surface area contributed by atoms with Gasteiger partial charge in [0.05, 0.1) is 0 Å². The molecule has 0 fully saturated rings. The van der Waals surface area contributed by atoms with E-state index in [4.69, 9.17) is 4.74 Å². The molecule has 2 N–H and O–H groups in total. The summed E-state index contributed by atoms with van der Waals surface area (Å²) >= 11 is 0. The van der Waals surface area contributed by atoms with Crippen LogP contribution in [0, 0.1) is 0 Å². The molecule has 3 aromatic carbocycles. The Bertz CT molecular complexity index is 1230. The third kappa shape index (κ3) is 6.22. The number of aliphatic carboxylic acids is 1. The topological polar surface area (TPSA) is 95.9 Å². The van der Waals surface area contributed by atoms with Crippen LogP contribution in [-0.2, 0) is 20.9 Å². The van der Waals surface area contributed by atoms with Gasteiger partial charge >= 0.3 is 12.1 Å². The number of nitrogens with zero attached hydrogens (tertiary/aromatic N) is 1. The molecule has 1 aliphatic rings. The highest BCUT2D eigenvalue weighted by atomic mass is 16.5. The summed E-state index contributed by atoms with van der Waals surface area (Å²) in [5, 5.41) is 11.9. The van der Waals surface area contributed by atoms with E-state index in [9.17, 15) is 19.5 Å². The van der Waals surface area contributed by atoms with Crippen LogP contribution in [0.15, 0.2) is 78.9 Å². The van der Waals surface area contributed by atoms with Gasteiger partial charge in [-0.15, -0.1) is 0 Å². The lowest BCUT2D eigenvalue weighted by Gasteiger charge is -2.32. The van der Waals surface area contributed by atoms with Gasteiger partial charge in [-0.3, -0.25) is 9.59 Å². The Morgan fingerprint density at radius 2 is 1.50 bits per heavy atom. The fraction of sp³-hybridized carbons (Fsp3) is 0.323. The average Bonchev–Trinajstić information content (AvgIpc) is 3.26. The van der Waals surface area contributed by atoms with E-state index in [0.717, 1.165) is 34.2 Å². The molecule has 0 saturated heterocycles. The SMILES string of the molecule is CCC(C)N(Cc1ccccc1)C(=O)C(CCC(=O)O)NC(=O)OCC1c2ccccc2-c2ccccc21. The first-order valence-corrected chi connectivity index (χ1v) is 13.1. The lowest BCUT2D eigenvalue weighted by molar-refractivity contribution is -0.138. The quantitative estimate of drug-likeness (QED) is 0.348. The fourth-order valence-electron chi connectivity index (χ4n) is 4.96. The molecule has 0 aromatic heterocycles. The summed E-state index contributed by atoms with van der Waals surface area (Å²) in [4.78, 5) is 39.6. The molecular formula is C31H34N2O5. The van der Waals surface area contributed by atoms with Crippen LogP contribution in [0.3, 0.4) is 0 Å². The summed E-state index contributed by atoms with van der Waals surface area (Å²) in [5.74, 6) is -1.47. The number of hydrogen-bond acceptors (Lipinski definition) is 4. The third-order valence-electron chi connectivity index (χ3n) is 7.18. The van der Waals surface area contributed by atoms with Crippen molar-refractivity contribution >= 4 is 18.0 Å². The van der Waals surface area contributed by atoms with Gasteiger partial charge in [-0.05, 0) is 47.6 Å². The van der Waals surface area contributed by atoms with Gasteiger partial charge in [0, 0.05) is 24.9 Å². The van der Waals surface area contributed by atoms with Crippen LogP contribution in [-0.4, -0.2) is 46.7 Å². The van der Waals surface area contributed by atoms with Crippen LogP contribution in [0.4, 0.5) is 4.79 Å². The Hall–Kier alpha value is -4.13. The van der Waals surface area contributed by atoms with Crippen LogP contribution in [0.25, 0.3) is 11.1 Å². The molecule has 0 heterocycles. The number of ether oxygens (including phenoxy) is 1. The number of carbonyl (C=O) groups excluding carboxylic acids is 2. The van der Waals surface area contributed by atoms with Crippen LogP contribution >= 0.6 is 0 Å². The molecular weight excluding hydrogens is 480 g/mol. The zero-order valence-corrected chi connectivity index (χ0v) is 21.8. The van der Waals surface area contributed by atoms with E-state index in [0.29, 0.717) is 6.54 Å². The van der Waals surface area contributed by atoms with Crippen molar-refractivity contribution in [3.63, 3.8) is 0 Å². The Morgan fingerprint density at radius 1 is 0.921 bits per heavy atom. The van der Waals surface area contributed by atoms with Crippen molar-refractivity contribution in [1.29, 1.82) is 0 Å². The van der Waals surface area contributed by atoms with Crippen LogP contribution < -0.4 is 5.32 Å². The van der Waals surface area contributed by atoms with Gasteiger partial charge in [0.2, 0.25) is 5.91 Å². The van der Waals surface area contributed by atoms with Gasteiger partial charge in [-0.2, -0.15) is 0 Å². The molecule has 2 atom stereocenters. The lowest BCUT2D eigenvalue weighted by atomic mass is 9.98. The Morgan fingerprint density at radius 3 is 2.08 bits per heavy atom. The molecule has 0 aliphatic heterocycles. The molecule has 0 radical (unpaired) electrons. The predicted octanol–water partition coefficient (Wildman–Crippen LogP) is 5.59. The molecule has 2 amide bonds. The Labute approximate surface area is 223 Å². The smallest absolute Gasteiger partial charge is 0.407 e. The summed E-state index contributed by atoms with van der Waals surface area (Å²) in [5.41, 5.74) is 5.38. The zero-order chi connectivity index (χ0) is 27.1. The highest BCUT2D eigenvalue weighted by Crippen LogP contribution is 2.44. The minimum Gasteiger partial charge on any atom is -0.481 e. The molecule has 7 nitrogen and oxygen atoms in total. The lowest BCUT2D eigenvalue weighted by Crippen LogP contribution is -2.51. The maximum atomic E-state index is 13.6. The third-order valence-corrected chi connectivity index (χ3v) is 7.18. The molecule has 0 saturated carbocycles. The Balaban J connectivity index is 1.48. The summed E-state index contributed by atoms with van der Waals surface area (Å²) in [7, 11) is 0. The number of hydrogen-bond donors (Lipinski definition) is 2. The minimum absolute atomic E-state index is 0.0277. The van der Waals surface area contributed by atoms with Crippen molar-refractivity contribution in [2.45, 2.75) is 57.7 Å². The average molecular weight is 515 g/mol. The van der Waals surface area contributed by atoms with E-state index in [1.807, 2.05) is 80.6 Å². The first-order chi connectivity index (χ1) is 18.4. The molecule has 7 heteroatoms. The van der Waals surface area contributed by atoms with E-state index in [1.165, 1.54) is 0 Å². The van der Waals surface area contributed by atoms with Crippen molar-refractivity contribution in [1.82, 2.24) is 10.2 Å². The number of carboxylic acid groups (broad SMARTS) is 1. The zero-order valence-electron chi connectivity index (χ0n) is 21.8. The van der Waals surface area contributed by atoms with Gasteiger partial charge < -0.3 is 20.1 Å². The number of nitrogens with one attached hydrogen (secondary N) is 1. The van der Waals surface area contributed by atoms with Crippen LogP contribution in [0.5, 0.6) is 0 Å². The van der Waals surface area contributed by atoms with Crippen molar-refractivity contribution in [2.75, 3.05) is 6.61 Å². The van der Waals surface area contributed by atoms with E-state index in [1.54, 1.807) is 4.90 Å². The van der Waals surface area contributed by atoms with Gasteiger partial charge in [0.1, 0.15) is 12.6 Å². The minimum atomic E-state index is -1.03. The number of fused-ring (bicyclic) bond motifs is 3. The maximum absolute atomic E-state index is 13.6. The number of amides is 2. The van der Waals surface area contributed by atoms with Gasteiger partial charge in [0.15, 0.2) is 0 Å². The van der Waals surface area contributed by atoms with E-state index >= 15 is 0 Å². The molecule has 1 aliphatic carbocycles. The van der Waals surface area contributed by atoms with E-state index in [2.05, 4.69) is 17.4 Å². The molecule has 3 aromatic rings. The summed E-state index contributed by atoms with van der Waals surface area (Å²) in [6, 6.07) is 24.6. The summed E-state index contributed by atoms with van der Waals surface area (Å²) in [6.07, 6.45) is -0.297. The van der Waals surface area contributed by atoms with E-state index in [-0.39, 0.29) is 37.3 Å². The number of rotatable bonds is 11. The number of alkyl carbamates (subject to hydrolysis) is 1. The number of carboxylic acids is 1. The second-order valence-electron chi connectivity index (χ2n) is 9.66. The van der Waals surface area contributed by atoms with Gasteiger partial charge in [-0.25, -0.2) is 4.79 Å². The van der Waals surface area contributed by atoms with E-state index < -0.39 is 18.1 Å². The molecule has 4 rings (SSSR count). The monoisotopic (exact) mass is 514 g/mol. The second kappa shape index (κ2) is 12.4. The number of carbonyl (C=O) groups is 3. The standard InChI is InChI=1S/C31H34N2O5/c1-3-21(2)33(19-22-11-5-4-6-12-22)30(36)28(17-18-29(34)35)32-31(37)38-20-27-25-15-9-7-13-23(25)24-14-8-10-16-26(24)27/h4-16,21,27-28H,3,17-20H2,1-2H3,(H,32,37)(H,34,35). The highest BCUT2D eigenvalue weighted by Gasteiger charge is 2.32. The fourth-order valence-corrected chi connectivity index (χ4v) is 4.96. The highest BCUT2D eigenvalue weighted by molar-refractivity contribution is 5.86. The first kappa shape index (κ1) is 26.9. The van der Waals surface area contributed by atoms with Crippen molar-refractivity contribution in [2.24, 2.45) is 0 Å². The maximum Gasteiger partial charge on any atom is 0.407 e. The number of benzene rings is 3. The summed E-state index contributed by atoms with van der Waals surface area (Å²) in [6.45, 7) is 4.41.